The number of rotatable bonds is 3. The van der Waals surface area contributed by atoms with E-state index in [4.69, 9.17) is 21.1 Å². The first-order valence-corrected chi connectivity index (χ1v) is 6.13. The second kappa shape index (κ2) is 5.16. The lowest BCUT2D eigenvalue weighted by Gasteiger charge is -2.28. The summed E-state index contributed by atoms with van der Waals surface area (Å²) in [7, 11) is 0. The van der Waals surface area contributed by atoms with Gasteiger partial charge in [-0.1, -0.05) is 11.6 Å². The highest BCUT2D eigenvalue weighted by molar-refractivity contribution is 6.30. The van der Waals surface area contributed by atoms with Crippen LogP contribution in [0.4, 0.5) is 0 Å². The number of nitrogens with zero attached hydrogens (tertiary/aromatic N) is 1. The highest BCUT2D eigenvalue weighted by Gasteiger charge is 2.36. The van der Waals surface area contributed by atoms with Crippen LogP contribution in [0.15, 0.2) is 24.3 Å². The van der Waals surface area contributed by atoms with Crippen LogP contribution < -0.4 is 4.74 Å². The molecule has 4 nitrogen and oxygen atoms in total. The van der Waals surface area contributed by atoms with Crippen LogP contribution in [0.2, 0.25) is 5.02 Å². The molecule has 1 aliphatic rings. The van der Waals surface area contributed by atoms with E-state index in [-0.39, 0.29) is 18.1 Å². The van der Waals surface area contributed by atoms with E-state index in [0.29, 0.717) is 24.1 Å². The maximum absolute atomic E-state index is 12.0. The van der Waals surface area contributed by atoms with Gasteiger partial charge in [-0.15, -0.1) is 0 Å². The van der Waals surface area contributed by atoms with Crippen LogP contribution in [-0.2, 0) is 9.53 Å². The Labute approximate surface area is 111 Å². The van der Waals surface area contributed by atoms with Gasteiger partial charge in [0.15, 0.2) is 6.61 Å². The monoisotopic (exact) mass is 269 g/mol. The number of benzene rings is 1. The highest BCUT2D eigenvalue weighted by atomic mass is 35.5. The fourth-order valence-electron chi connectivity index (χ4n) is 1.80. The molecule has 1 aromatic carbocycles. The molecule has 0 aromatic heterocycles. The fourth-order valence-corrected chi connectivity index (χ4v) is 1.93. The number of carbonyl (C=O) groups excluding carboxylic acids is 1. The van der Waals surface area contributed by atoms with Crippen molar-refractivity contribution in [2.45, 2.75) is 19.4 Å². The van der Waals surface area contributed by atoms with E-state index in [9.17, 15) is 4.79 Å². The van der Waals surface area contributed by atoms with Crippen LogP contribution >= 0.6 is 11.6 Å². The lowest BCUT2D eigenvalue weighted by Crippen LogP contribution is -2.46. The van der Waals surface area contributed by atoms with Crippen LogP contribution in [0, 0.1) is 0 Å². The molecule has 18 heavy (non-hydrogen) atoms. The molecule has 2 rings (SSSR count). The van der Waals surface area contributed by atoms with E-state index in [2.05, 4.69) is 0 Å². The number of hydrogen-bond acceptors (Lipinski definition) is 3. The minimum atomic E-state index is -0.263. The lowest BCUT2D eigenvalue weighted by atomic mass is 10.1. The van der Waals surface area contributed by atoms with E-state index in [1.165, 1.54) is 0 Å². The number of ether oxygens (including phenoxy) is 2. The fraction of sp³-hybridized carbons (Fsp3) is 0.462. The Morgan fingerprint density at radius 2 is 2.11 bits per heavy atom. The summed E-state index contributed by atoms with van der Waals surface area (Å²) in [6.45, 7) is 4.84. The standard InChI is InChI=1S/C13H16ClNO3/c1-13(2)8-17-9-15(13)12(16)7-18-11-5-3-10(14)4-6-11/h3-6H,7-9H2,1-2H3. The summed E-state index contributed by atoms with van der Waals surface area (Å²) < 4.78 is 10.7. The van der Waals surface area contributed by atoms with Crippen LogP contribution in [-0.4, -0.2) is 36.3 Å². The molecular weight excluding hydrogens is 254 g/mol. The van der Waals surface area contributed by atoms with Gasteiger partial charge in [0, 0.05) is 5.02 Å². The molecule has 1 heterocycles. The number of carbonyl (C=O) groups is 1. The third-order valence-electron chi connectivity index (χ3n) is 2.88. The molecule has 0 aliphatic carbocycles. The van der Waals surface area contributed by atoms with E-state index in [1.54, 1.807) is 29.2 Å². The summed E-state index contributed by atoms with van der Waals surface area (Å²) in [5, 5.41) is 0.641. The summed E-state index contributed by atoms with van der Waals surface area (Å²) >= 11 is 5.77. The SMILES string of the molecule is CC1(C)COCN1C(=O)COc1ccc(Cl)cc1. The average molecular weight is 270 g/mol. The third-order valence-corrected chi connectivity index (χ3v) is 3.14. The summed E-state index contributed by atoms with van der Waals surface area (Å²) in [5.74, 6) is 0.554. The number of hydrogen-bond donors (Lipinski definition) is 0. The van der Waals surface area contributed by atoms with Gasteiger partial charge in [-0.3, -0.25) is 4.79 Å². The van der Waals surface area contributed by atoms with Crippen molar-refractivity contribution < 1.29 is 14.3 Å². The maximum Gasteiger partial charge on any atom is 0.262 e. The lowest BCUT2D eigenvalue weighted by molar-refractivity contribution is -0.137. The molecular formula is C13H16ClNO3. The molecule has 1 fully saturated rings. The van der Waals surface area contributed by atoms with Crippen molar-refractivity contribution in [2.75, 3.05) is 19.9 Å². The van der Waals surface area contributed by atoms with Gasteiger partial charge in [0.2, 0.25) is 0 Å². The molecule has 0 atom stereocenters. The van der Waals surface area contributed by atoms with Crippen molar-refractivity contribution in [3.05, 3.63) is 29.3 Å². The molecule has 0 saturated carbocycles. The maximum atomic E-state index is 12.0. The minimum absolute atomic E-state index is 0.00836. The van der Waals surface area contributed by atoms with Gasteiger partial charge in [0.05, 0.1) is 12.1 Å². The summed E-state index contributed by atoms with van der Waals surface area (Å²) in [6.07, 6.45) is 0. The molecule has 0 N–H and O–H groups in total. The predicted molar refractivity (Wildman–Crippen MR) is 68.7 cm³/mol. The number of amides is 1. The first-order chi connectivity index (χ1) is 8.49. The van der Waals surface area contributed by atoms with Crippen molar-refractivity contribution in [2.24, 2.45) is 0 Å². The second-order valence-corrected chi connectivity index (χ2v) is 5.29. The van der Waals surface area contributed by atoms with Crippen LogP contribution in [0.3, 0.4) is 0 Å². The van der Waals surface area contributed by atoms with Gasteiger partial charge < -0.3 is 14.4 Å². The van der Waals surface area contributed by atoms with Gasteiger partial charge in [-0.2, -0.15) is 0 Å². The molecule has 1 aromatic rings. The van der Waals surface area contributed by atoms with Crippen LogP contribution in [0.1, 0.15) is 13.8 Å². The summed E-state index contributed by atoms with van der Waals surface area (Å²) in [6, 6.07) is 6.93. The molecule has 0 radical (unpaired) electrons. The highest BCUT2D eigenvalue weighted by Crippen LogP contribution is 2.22. The van der Waals surface area contributed by atoms with Crippen molar-refractivity contribution in [1.29, 1.82) is 0 Å². The Bertz CT molecular complexity index is 430. The molecule has 1 saturated heterocycles. The Morgan fingerprint density at radius 3 is 2.67 bits per heavy atom. The van der Waals surface area contributed by atoms with Gasteiger partial charge in [0.25, 0.3) is 5.91 Å². The Balaban J connectivity index is 1.90. The van der Waals surface area contributed by atoms with Crippen LogP contribution in [0.5, 0.6) is 5.75 Å². The van der Waals surface area contributed by atoms with Gasteiger partial charge in [-0.05, 0) is 38.1 Å². The van der Waals surface area contributed by atoms with E-state index in [1.807, 2.05) is 13.8 Å². The Hall–Kier alpha value is -1.26. The largest absolute Gasteiger partial charge is 0.484 e. The van der Waals surface area contributed by atoms with Gasteiger partial charge >= 0.3 is 0 Å². The third kappa shape index (κ3) is 2.94. The first-order valence-electron chi connectivity index (χ1n) is 5.76. The average Bonchev–Trinajstić information content (AvgIpc) is 2.68. The molecule has 1 amide bonds. The first kappa shape index (κ1) is 13.2. The zero-order chi connectivity index (χ0) is 13.2. The second-order valence-electron chi connectivity index (χ2n) is 4.85. The quantitative estimate of drug-likeness (QED) is 0.845. The molecule has 0 bridgehead atoms. The smallest absolute Gasteiger partial charge is 0.262 e. The van der Waals surface area contributed by atoms with Crippen molar-refractivity contribution in [3.8, 4) is 5.75 Å². The molecule has 0 spiro atoms. The molecule has 5 heteroatoms. The zero-order valence-electron chi connectivity index (χ0n) is 10.5. The van der Waals surface area contributed by atoms with E-state index < -0.39 is 0 Å². The van der Waals surface area contributed by atoms with Crippen molar-refractivity contribution in [3.63, 3.8) is 0 Å². The molecule has 98 valence electrons. The Morgan fingerprint density at radius 1 is 1.44 bits per heavy atom. The predicted octanol–water partition coefficient (Wildman–Crippen LogP) is 2.31. The van der Waals surface area contributed by atoms with Crippen molar-refractivity contribution >= 4 is 17.5 Å². The minimum Gasteiger partial charge on any atom is -0.484 e. The molecule has 0 unspecified atom stereocenters. The zero-order valence-corrected chi connectivity index (χ0v) is 11.2. The summed E-state index contributed by atoms with van der Waals surface area (Å²) in [5.41, 5.74) is -0.263. The van der Waals surface area contributed by atoms with Gasteiger partial charge in [-0.25, -0.2) is 0 Å². The van der Waals surface area contributed by atoms with E-state index >= 15 is 0 Å². The van der Waals surface area contributed by atoms with Crippen LogP contribution in [0.25, 0.3) is 0 Å². The molecule has 1 aliphatic heterocycles. The van der Waals surface area contributed by atoms with Gasteiger partial charge in [0.1, 0.15) is 12.5 Å². The number of halogens is 1. The normalized spacial score (nSPS) is 17.8. The topological polar surface area (TPSA) is 38.8 Å². The Kier molecular flexibility index (Phi) is 3.78. The summed E-state index contributed by atoms with van der Waals surface area (Å²) in [4.78, 5) is 13.7. The van der Waals surface area contributed by atoms with E-state index in [0.717, 1.165) is 0 Å². The van der Waals surface area contributed by atoms with Crippen molar-refractivity contribution in [1.82, 2.24) is 4.90 Å².